The number of aliphatic hydroxyl groups excluding tert-OH is 1. The number of rotatable bonds is 43. The first-order valence-electron chi connectivity index (χ1n) is 24.8. The van der Waals surface area contributed by atoms with Gasteiger partial charge in [-0.3, -0.25) is 13.8 Å². The number of nitrogens with zero attached hydrogens (tertiary/aromatic N) is 1. The zero-order valence-corrected chi connectivity index (χ0v) is 41.7. The van der Waals surface area contributed by atoms with E-state index in [9.17, 15) is 19.4 Å². The van der Waals surface area contributed by atoms with Crippen molar-refractivity contribution in [2.24, 2.45) is 0 Å². The van der Waals surface area contributed by atoms with Crippen LogP contribution in [-0.4, -0.2) is 73.4 Å². The van der Waals surface area contributed by atoms with Crippen LogP contribution < -0.4 is 5.32 Å². The minimum atomic E-state index is -4.35. The maximum Gasteiger partial charge on any atom is 0.472 e. The predicted octanol–water partition coefficient (Wildman–Crippen LogP) is 14.5. The SMILES string of the molecule is CC/C=C\C/C=C\C/C=C\C/C=C\C/C=C\C/C=C\C/C=C\CCCCCCCCCCCCCC(=O)NC(COP(=O)(O)OCC[N+](C)(C)C)C(O)/C=C/CC/C=C/CCCC. The van der Waals surface area contributed by atoms with E-state index >= 15 is 0 Å². The fourth-order valence-electron chi connectivity index (χ4n) is 6.32. The smallest absolute Gasteiger partial charge is 0.387 e. The molecule has 0 aromatic heterocycles. The van der Waals surface area contributed by atoms with E-state index in [1.165, 1.54) is 70.6 Å². The average Bonchev–Trinajstić information content (AvgIpc) is 3.24. The number of hydrogen-bond donors (Lipinski definition) is 3. The van der Waals surface area contributed by atoms with Crippen molar-refractivity contribution < 1.29 is 32.9 Å². The van der Waals surface area contributed by atoms with E-state index in [0.29, 0.717) is 17.4 Å². The standard InChI is InChI=1S/C54H93N2O6P/c1-6-8-10-12-14-16-17-18-19-20-21-22-23-24-25-26-27-28-29-30-31-32-33-34-35-36-37-38-39-40-42-44-46-48-54(58)55-52(51-62-63(59,60)61-50-49-56(3,4)5)53(57)47-45-43-41-15-13-11-9-7-2/h8,10,13-16,18-19,21-22,24-25,27-28,30-31,45,47,52-53,57H,6-7,9,11-12,17,20,23,26,29,32-44,46,48-51H2,1-5H3,(H-,55,58,59,60)/p+1/b10-8-,15-13+,16-14-,19-18-,22-21-,25-24-,28-27-,31-30-,47-45+. The van der Waals surface area contributed by atoms with Gasteiger partial charge in [-0.1, -0.05) is 194 Å². The Kier molecular flexibility index (Phi) is 42.4. The Bertz CT molecular complexity index is 1390. The van der Waals surface area contributed by atoms with E-state index < -0.39 is 20.0 Å². The molecule has 3 N–H and O–H groups in total. The maximum absolute atomic E-state index is 12.8. The normalized spacial score (nSPS) is 15.1. The van der Waals surface area contributed by atoms with E-state index in [0.717, 1.165) is 83.5 Å². The van der Waals surface area contributed by atoms with Crippen LogP contribution >= 0.6 is 7.82 Å². The molecule has 0 fully saturated rings. The molecule has 1 amide bonds. The van der Waals surface area contributed by atoms with Crippen molar-refractivity contribution >= 4 is 13.7 Å². The second kappa shape index (κ2) is 44.4. The fraction of sp³-hybridized carbons (Fsp3) is 0.648. The van der Waals surface area contributed by atoms with Gasteiger partial charge in [-0.25, -0.2) is 4.57 Å². The Morgan fingerprint density at radius 1 is 0.556 bits per heavy atom. The van der Waals surface area contributed by atoms with E-state index in [1.54, 1.807) is 6.08 Å². The number of aliphatic hydroxyl groups is 1. The van der Waals surface area contributed by atoms with Gasteiger partial charge in [0.05, 0.1) is 39.9 Å². The topological polar surface area (TPSA) is 105 Å². The third-order valence-electron chi connectivity index (χ3n) is 10.2. The second-order valence-electron chi connectivity index (χ2n) is 17.4. The Morgan fingerprint density at radius 3 is 1.46 bits per heavy atom. The monoisotopic (exact) mass is 898 g/mol. The van der Waals surface area contributed by atoms with Gasteiger partial charge in [-0.05, 0) is 83.5 Å². The molecule has 0 saturated heterocycles. The van der Waals surface area contributed by atoms with Crippen LogP contribution in [0.4, 0.5) is 0 Å². The third kappa shape index (κ3) is 47.0. The van der Waals surface area contributed by atoms with Crippen molar-refractivity contribution in [1.82, 2.24) is 5.32 Å². The summed E-state index contributed by atoms with van der Waals surface area (Å²) in [5.41, 5.74) is 0. The summed E-state index contributed by atoms with van der Waals surface area (Å²) < 4.78 is 23.5. The summed E-state index contributed by atoms with van der Waals surface area (Å²) in [5.74, 6) is -0.200. The number of carbonyl (C=O) groups is 1. The molecule has 0 heterocycles. The molecule has 360 valence electrons. The molecule has 0 aromatic rings. The van der Waals surface area contributed by atoms with Crippen molar-refractivity contribution in [3.63, 3.8) is 0 Å². The quantitative estimate of drug-likeness (QED) is 0.0244. The number of carbonyl (C=O) groups excluding carboxylic acids is 1. The van der Waals surface area contributed by atoms with Crippen molar-refractivity contribution in [2.75, 3.05) is 40.9 Å². The Morgan fingerprint density at radius 2 is 0.968 bits per heavy atom. The number of phosphoric ester groups is 1. The van der Waals surface area contributed by atoms with Gasteiger partial charge in [0.25, 0.3) is 0 Å². The molecule has 0 aliphatic heterocycles. The fourth-order valence-corrected chi connectivity index (χ4v) is 7.05. The second-order valence-corrected chi connectivity index (χ2v) is 18.9. The molecular weight excluding hydrogens is 804 g/mol. The van der Waals surface area contributed by atoms with Crippen LogP contribution in [0.3, 0.4) is 0 Å². The average molecular weight is 898 g/mol. The number of quaternary nitrogens is 1. The molecule has 3 unspecified atom stereocenters. The summed E-state index contributed by atoms with van der Waals surface area (Å²) in [5, 5.41) is 13.7. The molecule has 0 rings (SSSR count). The molecule has 0 aliphatic rings. The minimum Gasteiger partial charge on any atom is -0.387 e. The molecule has 0 aromatic carbocycles. The molecule has 3 atom stereocenters. The highest BCUT2D eigenvalue weighted by Gasteiger charge is 2.27. The largest absolute Gasteiger partial charge is 0.472 e. The Hall–Kier alpha value is -2.84. The van der Waals surface area contributed by atoms with Crippen LogP contribution in [0.1, 0.15) is 174 Å². The number of allylic oxidation sites excluding steroid dienone is 17. The predicted molar refractivity (Wildman–Crippen MR) is 272 cm³/mol. The summed E-state index contributed by atoms with van der Waals surface area (Å²) in [6.45, 7) is 4.57. The number of hydrogen-bond acceptors (Lipinski definition) is 5. The summed E-state index contributed by atoms with van der Waals surface area (Å²) in [4.78, 5) is 23.1. The summed E-state index contributed by atoms with van der Waals surface area (Å²) in [6, 6.07) is -0.869. The van der Waals surface area contributed by atoms with E-state index in [1.807, 2.05) is 27.2 Å². The van der Waals surface area contributed by atoms with Gasteiger partial charge in [0.2, 0.25) is 5.91 Å². The molecule has 9 heteroatoms. The molecule has 63 heavy (non-hydrogen) atoms. The van der Waals surface area contributed by atoms with Gasteiger partial charge < -0.3 is 19.8 Å². The maximum atomic E-state index is 12.8. The summed E-state index contributed by atoms with van der Waals surface area (Å²) >= 11 is 0. The number of unbranched alkanes of at least 4 members (excludes halogenated alkanes) is 14. The molecular formula is C54H94N2O6P+. The molecule has 0 spiro atoms. The van der Waals surface area contributed by atoms with Crippen molar-refractivity contribution in [2.45, 2.75) is 187 Å². The van der Waals surface area contributed by atoms with Crippen LogP contribution in [0.15, 0.2) is 109 Å². The van der Waals surface area contributed by atoms with Gasteiger partial charge in [0.15, 0.2) is 0 Å². The number of nitrogens with one attached hydrogen (secondary N) is 1. The Balaban J connectivity index is 4.07. The number of phosphoric acid groups is 1. The van der Waals surface area contributed by atoms with Gasteiger partial charge in [0, 0.05) is 6.42 Å². The molecule has 8 nitrogen and oxygen atoms in total. The number of amides is 1. The van der Waals surface area contributed by atoms with Crippen LogP contribution in [-0.2, 0) is 18.4 Å². The first kappa shape index (κ1) is 60.2. The van der Waals surface area contributed by atoms with E-state index in [-0.39, 0.29) is 19.1 Å². The van der Waals surface area contributed by atoms with Gasteiger partial charge >= 0.3 is 7.82 Å². The molecule has 0 bridgehead atoms. The summed E-state index contributed by atoms with van der Waals surface area (Å²) in [6.07, 6.45) is 64.9. The van der Waals surface area contributed by atoms with Crippen LogP contribution in [0, 0.1) is 0 Å². The first-order chi connectivity index (χ1) is 30.5. The minimum absolute atomic E-state index is 0.0499. The Labute approximate surface area is 387 Å². The van der Waals surface area contributed by atoms with Gasteiger partial charge in [-0.2, -0.15) is 0 Å². The highest BCUT2D eigenvalue weighted by Crippen LogP contribution is 2.43. The van der Waals surface area contributed by atoms with Crippen LogP contribution in [0.5, 0.6) is 0 Å². The zero-order valence-electron chi connectivity index (χ0n) is 40.8. The van der Waals surface area contributed by atoms with Crippen LogP contribution in [0.25, 0.3) is 0 Å². The molecule has 0 saturated carbocycles. The van der Waals surface area contributed by atoms with Crippen molar-refractivity contribution in [3.8, 4) is 0 Å². The third-order valence-corrected chi connectivity index (χ3v) is 11.2. The first-order valence-corrected chi connectivity index (χ1v) is 26.3. The van der Waals surface area contributed by atoms with E-state index in [2.05, 4.69) is 116 Å². The van der Waals surface area contributed by atoms with Crippen molar-refractivity contribution in [1.29, 1.82) is 0 Å². The molecule has 0 radical (unpaired) electrons. The highest BCUT2D eigenvalue weighted by atomic mass is 31.2. The van der Waals surface area contributed by atoms with E-state index in [4.69, 9.17) is 9.05 Å². The lowest BCUT2D eigenvalue weighted by molar-refractivity contribution is -0.870. The summed E-state index contributed by atoms with van der Waals surface area (Å²) in [7, 11) is 1.53. The van der Waals surface area contributed by atoms with Crippen LogP contribution in [0.2, 0.25) is 0 Å². The lowest BCUT2D eigenvalue weighted by atomic mass is 10.0. The van der Waals surface area contributed by atoms with Crippen molar-refractivity contribution in [3.05, 3.63) is 109 Å². The van der Waals surface area contributed by atoms with Gasteiger partial charge in [-0.15, -0.1) is 0 Å². The lowest BCUT2D eigenvalue weighted by Gasteiger charge is -2.25. The lowest BCUT2D eigenvalue weighted by Crippen LogP contribution is -2.45. The number of likely N-dealkylation sites (N-methyl/N-ethyl adjacent to an activating group) is 1. The highest BCUT2D eigenvalue weighted by molar-refractivity contribution is 7.47. The van der Waals surface area contributed by atoms with Gasteiger partial charge in [0.1, 0.15) is 13.2 Å². The molecule has 0 aliphatic carbocycles. The zero-order chi connectivity index (χ0) is 46.4.